The number of hydrogen-bond donors (Lipinski definition) is 0. The Morgan fingerprint density at radius 1 is 0.534 bits per heavy atom. The molecule has 0 saturated carbocycles. The highest BCUT2D eigenvalue weighted by Gasteiger charge is 2.23. The van der Waals surface area contributed by atoms with Gasteiger partial charge in [-0.15, -0.1) is 0 Å². The molecule has 0 fully saturated rings. The molecule has 2 unspecified atom stereocenters. The molecule has 0 amide bonds. The number of anilines is 1. The van der Waals surface area contributed by atoms with Crippen molar-refractivity contribution in [1.82, 2.24) is 24.9 Å². The fourth-order valence-corrected chi connectivity index (χ4v) is 8.58. The molecule has 1 aliphatic heterocycles. The van der Waals surface area contributed by atoms with Crippen LogP contribution in [0, 0.1) is 0 Å². The lowest BCUT2D eigenvalue weighted by atomic mass is 9.87. The van der Waals surface area contributed by atoms with E-state index in [2.05, 4.69) is 181 Å². The van der Waals surface area contributed by atoms with Gasteiger partial charge in [-0.3, -0.25) is 0 Å². The molecule has 0 saturated heterocycles. The van der Waals surface area contributed by atoms with E-state index >= 15 is 0 Å². The highest BCUT2D eigenvalue weighted by atomic mass is 15.2. The molecule has 11 rings (SSSR count). The number of allylic oxidation sites excluding steroid dienone is 1. The van der Waals surface area contributed by atoms with Gasteiger partial charge in [-0.25, -0.2) is 24.9 Å². The Hall–Kier alpha value is -7.31. The Kier molecular flexibility index (Phi) is 8.03. The normalized spacial score (nSPS) is 15.9. The number of benzene rings is 5. The van der Waals surface area contributed by atoms with Crippen LogP contribution in [0.2, 0.25) is 0 Å². The van der Waals surface area contributed by atoms with Crippen molar-refractivity contribution in [2.24, 2.45) is 0 Å². The van der Waals surface area contributed by atoms with Crippen molar-refractivity contribution in [1.29, 1.82) is 0 Å². The first-order chi connectivity index (χ1) is 28.5. The molecule has 5 aromatic carbocycles. The second-order valence-electron chi connectivity index (χ2n) is 15.5. The molecular formula is C52H38N6. The first kappa shape index (κ1) is 34.0. The maximum absolute atomic E-state index is 5.22. The molecule has 2 aliphatic rings. The molecule has 2 atom stereocenters. The molecule has 6 heteroatoms. The lowest BCUT2D eigenvalue weighted by Gasteiger charge is -2.31. The second-order valence-corrected chi connectivity index (χ2v) is 15.5. The van der Waals surface area contributed by atoms with E-state index < -0.39 is 0 Å². The molecule has 0 radical (unpaired) electrons. The predicted molar refractivity (Wildman–Crippen MR) is 238 cm³/mol. The smallest absolute Gasteiger partial charge is 0.154 e. The third-order valence-electron chi connectivity index (χ3n) is 11.9. The summed E-state index contributed by atoms with van der Waals surface area (Å²) in [6.45, 7) is 2.29. The fourth-order valence-electron chi connectivity index (χ4n) is 8.58. The summed E-state index contributed by atoms with van der Waals surface area (Å²) in [6.07, 6.45) is 13.5. The molecule has 6 nitrogen and oxygen atoms in total. The molecule has 9 aromatic rings. The maximum atomic E-state index is 5.22. The van der Waals surface area contributed by atoms with Gasteiger partial charge in [-0.1, -0.05) is 122 Å². The summed E-state index contributed by atoms with van der Waals surface area (Å²) in [4.78, 5) is 26.9. The zero-order chi connectivity index (χ0) is 38.7. The van der Waals surface area contributed by atoms with Gasteiger partial charge in [0.15, 0.2) is 5.82 Å². The van der Waals surface area contributed by atoms with E-state index in [4.69, 9.17) is 15.0 Å². The third kappa shape index (κ3) is 5.93. The van der Waals surface area contributed by atoms with Gasteiger partial charge >= 0.3 is 0 Å². The van der Waals surface area contributed by atoms with Crippen molar-refractivity contribution in [2.45, 2.75) is 25.3 Å². The highest BCUT2D eigenvalue weighted by Crippen LogP contribution is 2.38. The largest absolute Gasteiger partial charge is 0.360 e. The number of aromatic nitrogens is 5. The lowest BCUT2D eigenvalue weighted by Crippen LogP contribution is -2.27. The SMILES string of the molecule is CC1CC=Cc2cc(-c3ccc4ccc5ccc(-c6ccc(-c7ccc8ccc(-c9ccc%10c(c9)N(C)C(c9ncccn9)C=C%10)nc8c7)cc6)nc5c4n3)ccc21. The Morgan fingerprint density at radius 3 is 1.91 bits per heavy atom. The van der Waals surface area contributed by atoms with E-state index in [0.717, 1.165) is 101 Å². The molecule has 4 aromatic heterocycles. The van der Waals surface area contributed by atoms with Crippen LogP contribution in [0.3, 0.4) is 0 Å². The second kappa shape index (κ2) is 13.7. The van der Waals surface area contributed by atoms with Crippen molar-refractivity contribution in [3.05, 3.63) is 181 Å². The molecule has 0 N–H and O–H groups in total. The van der Waals surface area contributed by atoms with Crippen LogP contribution in [0.5, 0.6) is 0 Å². The minimum Gasteiger partial charge on any atom is -0.360 e. The quantitative estimate of drug-likeness (QED) is 0.163. The number of pyridine rings is 3. The summed E-state index contributed by atoms with van der Waals surface area (Å²) in [5.74, 6) is 1.32. The predicted octanol–water partition coefficient (Wildman–Crippen LogP) is 12.5. The van der Waals surface area contributed by atoms with Crippen LogP contribution in [0.25, 0.3) is 89.8 Å². The van der Waals surface area contributed by atoms with Crippen LogP contribution >= 0.6 is 0 Å². The maximum Gasteiger partial charge on any atom is 0.154 e. The van der Waals surface area contributed by atoms with Gasteiger partial charge in [-0.05, 0) is 82.6 Å². The van der Waals surface area contributed by atoms with Crippen molar-refractivity contribution >= 4 is 50.5 Å². The molecule has 276 valence electrons. The number of hydrogen-bond acceptors (Lipinski definition) is 6. The first-order valence-electron chi connectivity index (χ1n) is 19.9. The standard InChI is InChI=1S/C52H38N6/c1-32-5-3-6-40-29-41(17-22-43(32)40)46-25-20-38-14-13-37-19-24-44(56-50(37)51(38)57-46)34-9-7-33(8-10-34)39-15-11-35-18-23-45(55-47(35)30-39)42-16-12-36-21-26-48(58(2)49(36)31-42)52-53-27-4-28-54-52/h3-4,6-32,48H,5H2,1-2H3. The summed E-state index contributed by atoms with van der Waals surface area (Å²) in [6, 6.07) is 47.4. The van der Waals surface area contributed by atoms with E-state index in [9.17, 15) is 0 Å². The van der Waals surface area contributed by atoms with Gasteiger partial charge in [0.2, 0.25) is 0 Å². The molecule has 1 aliphatic carbocycles. The molecule has 5 heterocycles. The fraction of sp³-hybridized carbons (Fsp3) is 0.0962. The summed E-state index contributed by atoms with van der Waals surface area (Å²) < 4.78 is 0. The summed E-state index contributed by atoms with van der Waals surface area (Å²) >= 11 is 0. The number of rotatable bonds is 5. The van der Waals surface area contributed by atoms with Gasteiger partial charge in [0.25, 0.3) is 0 Å². The van der Waals surface area contributed by atoms with E-state index in [-0.39, 0.29) is 6.04 Å². The summed E-state index contributed by atoms with van der Waals surface area (Å²) in [7, 11) is 2.10. The van der Waals surface area contributed by atoms with Crippen LogP contribution in [0.15, 0.2) is 158 Å². The van der Waals surface area contributed by atoms with Gasteiger partial charge < -0.3 is 4.90 Å². The summed E-state index contributed by atoms with van der Waals surface area (Å²) in [5, 5.41) is 3.26. The zero-order valence-electron chi connectivity index (χ0n) is 32.2. The van der Waals surface area contributed by atoms with Crippen LogP contribution in [0.4, 0.5) is 5.69 Å². The van der Waals surface area contributed by atoms with Crippen molar-refractivity contribution in [3.8, 4) is 44.9 Å². The van der Waals surface area contributed by atoms with Gasteiger partial charge in [0.1, 0.15) is 6.04 Å². The van der Waals surface area contributed by atoms with Crippen LogP contribution in [0.1, 0.15) is 47.8 Å². The first-order valence-corrected chi connectivity index (χ1v) is 19.9. The van der Waals surface area contributed by atoms with Gasteiger partial charge in [0.05, 0.1) is 33.6 Å². The van der Waals surface area contributed by atoms with E-state index in [1.54, 1.807) is 12.4 Å². The average molecular weight is 747 g/mol. The van der Waals surface area contributed by atoms with Crippen LogP contribution < -0.4 is 4.90 Å². The number of fused-ring (bicyclic) bond motifs is 6. The van der Waals surface area contributed by atoms with E-state index in [0.29, 0.717) is 5.92 Å². The zero-order valence-corrected chi connectivity index (χ0v) is 32.2. The Bertz CT molecular complexity index is 3130. The average Bonchev–Trinajstić information content (AvgIpc) is 3.28. The van der Waals surface area contributed by atoms with Crippen molar-refractivity contribution in [2.75, 3.05) is 11.9 Å². The summed E-state index contributed by atoms with van der Waals surface area (Å²) in [5.41, 5.74) is 16.1. The van der Waals surface area contributed by atoms with Crippen LogP contribution in [-0.2, 0) is 0 Å². The van der Waals surface area contributed by atoms with E-state index in [1.165, 1.54) is 11.1 Å². The molecule has 0 spiro atoms. The third-order valence-corrected chi connectivity index (χ3v) is 11.9. The monoisotopic (exact) mass is 746 g/mol. The molecule has 0 bridgehead atoms. The number of likely N-dealkylation sites (N-methyl/N-ethyl adjacent to an activating group) is 1. The molecule has 58 heavy (non-hydrogen) atoms. The Labute approximate surface area is 337 Å². The Balaban J connectivity index is 0.886. The topological polar surface area (TPSA) is 67.7 Å². The highest BCUT2D eigenvalue weighted by molar-refractivity contribution is 6.04. The van der Waals surface area contributed by atoms with Crippen LogP contribution in [-0.4, -0.2) is 32.0 Å². The Morgan fingerprint density at radius 2 is 1.14 bits per heavy atom. The minimum atomic E-state index is -0.0305. The van der Waals surface area contributed by atoms with E-state index in [1.807, 2.05) is 6.07 Å². The van der Waals surface area contributed by atoms with Gasteiger partial charge in [-0.2, -0.15) is 0 Å². The van der Waals surface area contributed by atoms with Gasteiger partial charge in [0, 0.05) is 58.0 Å². The minimum absolute atomic E-state index is 0.0305. The molecular weight excluding hydrogens is 709 g/mol. The lowest BCUT2D eigenvalue weighted by molar-refractivity contribution is 0.740. The van der Waals surface area contributed by atoms with Crippen molar-refractivity contribution in [3.63, 3.8) is 0 Å². The number of nitrogens with zero attached hydrogens (tertiary/aromatic N) is 6. The van der Waals surface area contributed by atoms with Crippen molar-refractivity contribution < 1.29 is 0 Å².